The van der Waals surface area contributed by atoms with Crippen molar-refractivity contribution in [2.24, 2.45) is 5.92 Å². The van der Waals surface area contributed by atoms with Crippen LogP contribution in [0.15, 0.2) is 48.5 Å². The number of carboxylic acid groups (broad SMARTS) is 1. The average molecular weight is 467 g/mol. The zero-order valence-electron chi connectivity index (χ0n) is 18.9. The van der Waals surface area contributed by atoms with Crippen LogP contribution in [0, 0.1) is 5.92 Å². The first-order valence-corrected chi connectivity index (χ1v) is 11.7. The highest BCUT2D eigenvalue weighted by Gasteiger charge is 2.31. The highest BCUT2D eigenvalue weighted by Crippen LogP contribution is 2.44. The van der Waals surface area contributed by atoms with E-state index < -0.39 is 18.2 Å². The highest BCUT2D eigenvalue weighted by molar-refractivity contribution is 5.80. The van der Waals surface area contributed by atoms with Crippen LogP contribution in [0.1, 0.15) is 49.1 Å². The van der Waals surface area contributed by atoms with Crippen LogP contribution >= 0.6 is 0 Å². The van der Waals surface area contributed by atoms with Crippen molar-refractivity contribution in [1.82, 2.24) is 10.6 Å². The lowest BCUT2D eigenvalue weighted by atomic mass is 9.85. The van der Waals surface area contributed by atoms with Gasteiger partial charge in [0.1, 0.15) is 6.61 Å². The average Bonchev–Trinajstić information content (AvgIpc) is 3.16. The third-order valence-electron chi connectivity index (χ3n) is 6.71. The number of hydrogen-bond acceptors (Lipinski definition) is 5. The summed E-state index contributed by atoms with van der Waals surface area (Å²) < 4.78 is 5.62. The molecule has 1 fully saturated rings. The molecule has 3 atom stereocenters. The Hall–Kier alpha value is -3.39. The molecule has 8 nitrogen and oxygen atoms in total. The van der Waals surface area contributed by atoms with Gasteiger partial charge >= 0.3 is 12.1 Å². The number of carbonyl (C=O) groups excluding carboxylic acids is 2. The van der Waals surface area contributed by atoms with Crippen LogP contribution in [0.4, 0.5) is 4.79 Å². The van der Waals surface area contributed by atoms with Crippen molar-refractivity contribution in [2.45, 2.75) is 50.2 Å². The lowest BCUT2D eigenvalue weighted by molar-refractivity contribution is -0.147. The summed E-state index contributed by atoms with van der Waals surface area (Å²) in [5.41, 5.74) is 4.64. The maximum atomic E-state index is 12.6. The Balaban J connectivity index is 1.27. The van der Waals surface area contributed by atoms with Gasteiger partial charge in [0.25, 0.3) is 0 Å². The van der Waals surface area contributed by atoms with E-state index in [1.165, 1.54) is 11.1 Å². The lowest BCUT2D eigenvalue weighted by Gasteiger charge is -2.29. The van der Waals surface area contributed by atoms with Gasteiger partial charge in [-0.25, -0.2) is 9.59 Å². The van der Waals surface area contributed by atoms with Gasteiger partial charge in [-0.2, -0.15) is 0 Å². The van der Waals surface area contributed by atoms with E-state index in [2.05, 4.69) is 34.9 Å². The SMILES string of the molecule is O=C(NC1CCCC(C(=O)NCCC(O)C(=O)O)C1)OCC1c2ccccc2-c2ccccc21. The van der Waals surface area contributed by atoms with Crippen LogP contribution in [0.2, 0.25) is 0 Å². The number of aliphatic carboxylic acids is 1. The van der Waals surface area contributed by atoms with E-state index in [4.69, 9.17) is 9.84 Å². The van der Waals surface area contributed by atoms with Gasteiger partial charge in [-0.05, 0) is 41.5 Å². The van der Waals surface area contributed by atoms with Gasteiger partial charge in [-0.3, -0.25) is 4.79 Å². The minimum Gasteiger partial charge on any atom is -0.479 e. The van der Waals surface area contributed by atoms with Crippen molar-refractivity contribution in [1.29, 1.82) is 0 Å². The quantitative estimate of drug-likeness (QED) is 0.474. The number of rotatable bonds is 8. The number of fused-ring (bicyclic) bond motifs is 3. The van der Waals surface area contributed by atoms with Crippen LogP contribution in [-0.4, -0.2) is 53.5 Å². The zero-order chi connectivity index (χ0) is 24.1. The largest absolute Gasteiger partial charge is 0.479 e. The van der Waals surface area contributed by atoms with Gasteiger partial charge in [0.15, 0.2) is 6.10 Å². The molecule has 8 heteroatoms. The summed E-state index contributed by atoms with van der Waals surface area (Å²) in [6, 6.07) is 16.2. The second-order valence-corrected chi connectivity index (χ2v) is 8.96. The van der Waals surface area contributed by atoms with Gasteiger partial charge in [0, 0.05) is 30.8 Å². The van der Waals surface area contributed by atoms with Crippen LogP contribution in [0.25, 0.3) is 11.1 Å². The molecule has 2 aliphatic carbocycles. The molecule has 3 unspecified atom stereocenters. The second-order valence-electron chi connectivity index (χ2n) is 8.96. The van der Waals surface area contributed by atoms with Crippen LogP contribution in [-0.2, 0) is 14.3 Å². The van der Waals surface area contributed by atoms with Gasteiger partial charge in [-0.15, -0.1) is 0 Å². The molecule has 0 aromatic heterocycles. The monoisotopic (exact) mass is 466 g/mol. The van der Waals surface area contributed by atoms with Crippen LogP contribution in [0.3, 0.4) is 0 Å². The Bertz CT molecular complexity index is 1010. The fourth-order valence-corrected chi connectivity index (χ4v) is 4.97. The summed E-state index contributed by atoms with van der Waals surface area (Å²) in [7, 11) is 0. The van der Waals surface area contributed by atoms with E-state index in [9.17, 15) is 19.5 Å². The number of carbonyl (C=O) groups is 3. The summed E-state index contributed by atoms with van der Waals surface area (Å²) in [6.07, 6.45) is 0.742. The van der Waals surface area contributed by atoms with Crippen molar-refractivity contribution >= 4 is 18.0 Å². The maximum absolute atomic E-state index is 12.6. The molecule has 180 valence electrons. The molecule has 0 bridgehead atoms. The number of carboxylic acids is 1. The molecule has 0 aliphatic heterocycles. The molecule has 4 rings (SSSR count). The Morgan fingerprint density at radius 2 is 1.65 bits per heavy atom. The summed E-state index contributed by atoms with van der Waals surface area (Å²) in [6.45, 7) is 0.329. The Morgan fingerprint density at radius 1 is 1.00 bits per heavy atom. The fourth-order valence-electron chi connectivity index (χ4n) is 4.97. The summed E-state index contributed by atoms with van der Waals surface area (Å²) >= 11 is 0. The normalized spacial score (nSPS) is 20.0. The number of benzene rings is 2. The van der Waals surface area contributed by atoms with E-state index in [1.807, 2.05) is 24.3 Å². The predicted octanol–water partition coefficient (Wildman–Crippen LogP) is 3.04. The summed E-state index contributed by atoms with van der Waals surface area (Å²) in [5, 5.41) is 23.6. The van der Waals surface area contributed by atoms with Crippen molar-refractivity contribution in [2.75, 3.05) is 13.2 Å². The Kier molecular flexibility index (Phi) is 7.47. The molecule has 34 heavy (non-hydrogen) atoms. The molecule has 2 amide bonds. The molecule has 2 aromatic carbocycles. The number of ether oxygens (including phenoxy) is 1. The maximum Gasteiger partial charge on any atom is 0.407 e. The van der Waals surface area contributed by atoms with Gasteiger partial charge in [0.05, 0.1) is 0 Å². The number of aliphatic hydroxyl groups excluding tert-OH is 1. The first kappa shape index (κ1) is 23.8. The number of hydrogen-bond donors (Lipinski definition) is 4. The minimum atomic E-state index is -1.49. The third kappa shape index (κ3) is 5.39. The zero-order valence-corrected chi connectivity index (χ0v) is 18.9. The molecule has 2 aliphatic rings. The molecular formula is C26H30N2O6. The molecule has 1 saturated carbocycles. The molecule has 0 radical (unpaired) electrons. The topological polar surface area (TPSA) is 125 Å². The molecule has 2 aromatic rings. The molecule has 0 saturated heterocycles. The van der Waals surface area contributed by atoms with E-state index >= 15 is 0 Å². The van der Waals surface area contributed by atoms with Crippen molar-refractivity contribution in [3.05, 3.63) is 59.7 Å². The Labute approximate surface area is 198 Å². The van der Waals surface area contributed by atoms with E-state index in [0.717, 1.165) is 24.0 Å². The minimum absolute atomic E-state index is 0.0100. The van der Waals surface area contributed by atoms with Crippen molar-refractivity contribution in [3.8, 4) is 11.1 Å². The first-order valence-electron chi connectivity index (χ1n) is 11.7. The Morgan fingerprint density at radius 3 is 2.29 bits per heavy atom. The summed E-state index contributed by atoms with van der Waals surface area (Å²) in [4.78, 5) is 35.7. The number of nitrogens with one attached hydrogen (secondary N) is 2. The van der Waals surface area contributed by atoms with E-state index in [-0.39, 0.29) is 43.4 Å². The fraction of sp³-hybridized carbons (Fsp3) is 0.423. The molecule has 4 N–H and O–H groups in total. The molecular weight excluding hydrogens is 436 g/mol. The lowest BCUT2D eigenvalue weighted by Crippen LogP contribution is -2.43. The molecule has 0 heterocycles. The summed E-state index contributed by atoms with van der Waals surface area (Å²) in [5.74, 6) is -1.77. The van der Waals surface area contributed by atoms with E-state index in [1.54, 1.807) is 0 Å². The van der Waals surface area contributed by atoms with Crippen LogP contribution in [0.5, 0.6) is 0 Å². The standard InChI is InChI=1S/C26H30N2O6/c29-23(25(31)32)12-13-27-24(30)16-6-5-7-17(14-16)28-26(33)34-15-22-20-10-3-1-8-18(20)19-9-2-4-11-21(19)22/h1-4,8-11,16-17,22-23,29H,5-7,12-15H2,(H,27,30)(H,28,33)(H,31,32). The highest BCUT2D eigenvalue weighted by atomic mass is 16.5. The van der Waals surface area contributed by atoms with E-state index in [0.29, 0.717) is 12.8 Å². The second kappa shape index (κ2) is 10.7. The van der Waals surface area contributed by atoms with Crippen LogP contribution < -0.4 is 10.6 Å². The number of amides is 2. The van der Waals surface area contributed by atoms with Gasteiger partial charge in [-0.1, -0.05) is 55.0 Å². The van der Waals surface area contributed by atoms with Gasteiger partial charge < -0.3 is 25.6 Å². The van der Waals surface area contributed by atoms with Gasteiger partial charge in [0.2, 0.25) is 5.91 Å². The predicted molar refractivity (Wildman–Crippen MR) is 125 cm³/mol. The van der Waals surface area contributed by atoms with Crippen molar-refractivity contribution in [3.63, 3.8) is 0 Å². The number of alkyl carbamates (subject to hydrolysis) is 1. The number of aliphatic hydroxyl groups is 1. The van der Waals surface area contributed by atoms with Crippen molar-refractivity contribution < 1.29 is 29.3 Å². The first-order chi connectivity index (χ1) is 16.4. The smallest absolute Gasteiger partial charge is 0.407 e. The molecule has 0 spiro atoms. The third-order valence-corrected chi connectivity index (χ3v) is 6.71.